The second-order valence-electron chi connectivity index (χ2n) is 9.97. The third-order valence-electron chi connectivity index (χ3n) is 7.94. The number of amides is 3. The number of rotatable bonds is 7. The van der Waals surface area contributed by atoms with Gasteiger partial charge in [-0.15, -0.1) is 0 Å². The Morgan fingerprint density at radius 2 is 2.03 bits per heavy atom. The molecule has 3 amide bonds. The van der Waals surface area contributed by atoms with Gasteiger partial charge in [-0.05, 0) is 49.7 Å². The summed E-state index contributed by atoms with van der Waals surface area (Å²) in [6.45, 7) is 2.78. The van der Waals surface area contributed by atoms with E-state index in [1.54, 1.807) is 17.9 Å². The van der Waals surface area contributed by atoms with Crippen LogP contribution in [-0.4, -0.2) is 63.5 Å². The van der Waals surface area contributed by atoms with Crippen molar-refractivity contribution in [2.45, 2.75) is 57.5 Å². The molecule has 3 aliphatic rings. The maximum absolute atomic E-state index is 13.6. The number of likely N-dealkylation sites (tertiary alicyclic amines) is 1. The molecule has 5 unspecified atom stereocenters. The van der Waals surface area contributed by atoms with Gasteiger partial charge < -0.3 is 25.5 Å². The first-order chi connectivity index (χ1) is 16.9. The number of Topliss-reactive ketones (excluding diaryl/α,β-unsaturated/α-hetero) is 1. The highest BCUT2D eigenvalue weighted by Gasteiger charge is 2.50. The number of nitrogens with one attached hydrogen (secondary N) is 4. The Labute approximate surface area is 202 Å². The number of ketones is 1. The molecule has 2 aromatic heterocycles. The first-order valence-electron chi connectivity index (χ1n) is 12.5. The van der Waals surface area contributed by atoms with Crippen LogP contribution in [0.15, 0.2) is 23.1 Å². The third kappa shape index (κ3) is 4.26. The van der Waals surface area contributed by atoms with Crippen LogP contribution in [0.2, 0.25) is 0 Å². The number of hydrogen-bond donors (Lipinski definition) is 4. The summed E-state index contributed by atoms with van der Waals surface area (Å²) < 4.78 is 0. The number of aromatic nitrogens is 2. The van der Waals surface area contributed by atoms with E-state index in [1.807, 2.05) is 0 Å². The van der Waals surface area contributed by atoms with Crippen LogP contribution in [-0.2, 0) is 14.4 Å². The van der Waals surface area contributed by atoms with Crippen molar-refractivity contribution in [3.8, 4) is 0 Å². The molecule has 2 aromatic rings. The number of carbonyl (C=O) groups excluding carboxylic acids is 4. The van der Waals surface area contributed by atoms with Gasteiger partial charge in [-0.2, -0.15) is 0 Å². The molecule has 4 heterocycles. The van der Waals surface area contributed by atoms with Crippen LogP contribution in [0.3, 0.4) is 0 Å². The average molecular weight is 482 g/mol. The maximum atomic E-state index is 13.6. The van der Waals surface area contributed by atoms with Crippen LogP contribution in [0.1, 0.15) is 55.9 Å². The predicted molar refractivity (Wildman–Crippen MR) is 128 cm³/mol. The summed E-state index contributed by atoms with van der Waals surface area (Å²) in [5.74, 6) is -0.930. The number of hydrogen-bond acceptors (Lipinski definition) is 5. The summed E-state index contributed by atoms with van der Waals surface area (Å²) in [5, 5.41) is 6.08. The van der Waals surface area contributed by atoms with Crippen LogP contribution in [0.25, 0.3) is 10.9 Å². The van der Waals surface area contributed by atoms with Crippen molar-refractivity contribution in [2.75, 3.05) is 13.1 Å². The lowest BCUT2D eigenvalue weighted by atomic mass is 9.91. The molecule has 10 heteroatoms. The summed E-state index contributed by atoms with van der Waals surface area (Å²) in [5.41, 5.74) is 0.529. The zero-order valence-corrected chi connectivity index (χ0v) is 19.8. The molecule has 35 heavy (non-hydrogen) atoms. The van der Waals surface area contributed by atoms with E-state index in [0.29, 0.717) is 30.4 Å². The molecule has 186 valence electrons. The lowest BCUT2D eigenvalue weighted by Gasteiger charge is -2.29. The Balaban J connectivity index is 1.39. The van der Waals surface area contributed by atoms with Crippen LogP contribution in [0.5, 0.6) is 0 Å². The Kier molecular flexibility index (Phi) is 6.21. The van der Waals surface area contributed by atoms with Gasteiger partial charge in [0.2, 0.25) is 11.8 Å². The van der Waals surface area contributed by atoms with Gasteiger partial charge in [0.05, 0.1) is 16.9 Å². The maximum Gasteiger partial charge on any atom is 0.271 e. The largest absolute Gasteiger partial charge is 0.356 e. The summed E-state index contributed by atoms with van der Waals surface area (Å²) in [6, 6.07) is 1.77. The fraction of sp³-hybridized carbons (Fsp3) is 0.560. The fourth-order valence-corrected chi connectivity index (χ4v) is 6.12. The summed E-state index contributed by atoms with van der Waals surface area (Å²) in [7, 11) is 0. The standard InChI is InChI=1S/C25H31N5O5/c1-2-20(31)18(10-13-6-8-26-22(13)32)29-24(34)21-15-5-3-4-14(15)12-30(21)25(35)19-11-16-17(28-19)7-9-27-23(16)33/h7,9,11,13-15,18,21,28H,2-6,8,10,12H2,1H3,(H,26,32)(H,27,33)(H,29,34). The second kappa shape index (κ2) is 9.31. The molecule has 10 nitrogen and oxygen atoms in total. The lowest BCUT2D eigenvalue weighted by molar-refractivity contribution is -0.132. The van der Waals surface area contributed by atoms with Crippen molar-refractivity contribution >= 4 is 34.4 Å². The van der Waals surface area contributed by atoms with E-state index >= 15 is 0 Å². The molecule has 4 N–H and O–H groups in total. The van der Waals surface area contributed by atoms with E-state index in [-0.39, 0.29) is 65.4 Å². The van der Waals surface area contributed by atoms with E-state index in [2.05, 4.69) is 20.6 Å². The zero-order valence-electron chi connectivity index (χ0n) is 19.8. The molecule has 1 aliphatic carbocycles. The van der Waals surface area contributed by atoms with Crippen LogP contribution in [0.4, 0.5) is 0 Å². The van der Waals surface area contributed by atoms with Gasteiger partial charge in [0, 0.05) is 31.6 Å². The molecule has 1 saturated carbocycles. The van der Waals surface area contributed by atoms with Gasteiger partial charge >= 0.3 is 0 Å². The minimum Gasteiger partial charge on any atom is -0.356 e. The predicted octanol–water partition coefficient (Wildman–Crippen LogP) is 1.09. The highest BCUT2D eigenvalue weighted by Crippen LogP contribution is 2.43. The van der Waals surface area contributed by atoms with Crippen LogP contribution >= 0.6 is 0 Å². The second-order valence-corrected chi connectivity index (χ2v) is 9.97. The molecular weight excluding hydrogens is 450 g/mol. The Bertz CT molecular complexity index is 1230. The van der Waals surface area contributed by atoms with E-state index in [9.17, 15) is 24.0 Å². The smallest absolute Gasteiger partial charge is 0.271 e. The monoisotopic (exact) mass is 481 g/mol. The molecule has 5 rings (SSSR count). The number of H-pyrrole nitrogens is 2. The van der Waals surface area contributed by atoms with Gasteiger partial charge in [-0.1, -0.05) is 13.3 Å². The zero-order chi connectivity index (χ0) is 24.7. The average Bonchev–Trinajstić information content (AvgIpc) is 3.61. The Hall–Kier alpha value is -3.43. The quantitative estimate of drug-likeness (QED) is 0.468. The van der Waals surface area contributed by atoms with Crippen molar-refractivity contribution in [3.63, 3.8) is 0 Å². The van der Waals surface area contributed by atoms with E-state index in [0.717, 1.165) is 19.3 Å². The Morgan fingerprint density at radius 1 is 1.20 bits per heavy atom. The van der Waals surface area contributed by atoms with Crippen molar-refractivity contribution in [1.29, 1.82) is 0 Å². The molecule has 3 fully saturated rings. The van der Waals surface area contributed by atoms with E-state index in [1.165, 1.54) is 12.3 Å². The molecular formula is C25H31N5O5. The Morgan fingerprint density at radius 3 is 2.74 bits per heavy atom. The molecule has 2 aliphatic heterocycles. The number of fused-ring (bicyclic) bond motifs is 2. The van der Waals surface area contributed by atoms with Gasteiger partial charge in [0.25, 0.3) is 11.5 Å². The molecule has 0 radical (unpaired) electrons. The number of pyridine rings is 1. The van der Waals surface area contributed by atoms with Gasteiger partial charge in [0.1, 0.15) is 11.7 Å². The molecule has 2 saturated heterocycles. The highest BCUT2D eigenvalue weighted by atomic mass is 16.2. The first-order valence-corrected chi connectivity index (χ1v) is 12.5. The molecule has 0 bridgehead atoms. The summed E-state index contributed by atoms with van der Waals surface area (Å²) >= 11 is 0. The van der Waals surface area contributed by atoms with E-state index in [4.69, 9.17) is 0 Å². The molecule has 0 spiro atoms. The topological polar surface area (TPSA) is 144 Å². The summed E-state index contributed by atoms with van der Waals surface area (Å²) in [4.78, 5) is 71.3. The SMILES string of the molecule is CCC(=O)C(CC1CCNC1=O)NC(=O)C1C2CCCC2CN1C(=O)c1cc2c(=O)[nH]ccc2[nH]1. The normalized spacial score (nSPS) is 26.5. The van der Waals surface area contributed by atoms with Crippen LogP contribution < -0.4 is 16.2 Å². The minimum absolute atomic E-state index is 0.0267. The number of nitrogens with zero attached hydrogens (tertiary/aromatic N) is 1. The van der Waals surface area contributed by atoms with Crippen molar-refractivity contribution in [2.24, 2.45) is 17.8 Å². The highest BCUT2D eigenvalue weighted by molar-refractivity contribution is 6.01. The van der Waals surface area contributed by atoms with Crippen molar-refractivity contribution in [3.05, 3.63) is 34.4 Å². The van der Waals surface area contributed by atoms with Gasteiger partial charge in [-0.25, -0.2) is 0 Å². The minimum atomic E-state index is -0.759. The van der Waals surface area contributed by atoms with Crippen molar-refractivity contribution < 1.29 is 19.2 Å². The van der Waals surface area contributed by atoms with E-state index < -0.39 is 12.1 Å². The summed E-state index contributed by atoms with van der Waals surface area (Å²) in [6.07, 6.45) is 5.47. The number of carbonyl (C=O) groups is 4. The van der Waals surface area contributed by atoms with Crippen molar-refractivity contribution in [1.82, 2.24) is 25.5 Å². The number of aromatic amines is 2. The van der Waals surface area contributed by atoms with Gasteiger partial charge in [-0.3, -0.25) is 24.0 Å². The fourth-order valence-electron chi connectivity index (χ4n) is 6.12. The lowest BCUT2D eigenvalue weighted by Crippen LogP contribution is -2.53. The molecule has 5 atom stereocenters. The third-order valence-corrected chi connectivity index (χ3v) is 7.94. The molecule has 0 aromatic carbocycles. The van der Waals surface area contributed by atoms with Gasteiger partial charge in [0.15, 0.2) is 5.78 Å². The van der Waals surface area contributed by atoms with Crippen LogP contribution in [0, 0.1) is 17.8 Å². The first kappa shape index (κ1) is 23.3.